The Kier molecular flexibility index (Phi) is 6.24. The zero-order valence-corrected chi connectivity index (χ0v) is 15.9. The van der Waals surface area contributed by atoms with Gasteiger partial charge in [0.25, 0.3) is 0 Å². The van der Waals surface area contributed by atoms with E-state index in [4.69, 9.17) is 4.74 Å². The van der Waals surface area contributed by atoms with Gasteiger partial charge in [0.1, 0.15) is 5.60 Å². The normalized spacial score (nSPS) is 13.4. The van der Waals surface area contributed by atoms with Crippen molar-refractivity contribution in [1.82, 2.24) is 5.32 Å². The Labute approximate surface area is 151 Å². The van der Waals surface area contributed by atoms with Crippen LogP contribution >= 0.6 is 0 Å². The Balaban J connectivity index is 2.18. The van der Waals surface area contributed by atoms with Gasteiger partial charge in [-0.3, -0.25) is 0 Å². The molecule has 0 aliphatic carbocycles. The van der Waals surface area contributed by atoms with E-state index in [0.29, 0.717) is 5.92 Å². The zero-order chi connectivity index (χ0) is 18.4. The Hall–Kier alpha value is -2.29. The van der Waals surface area contributed by atoms with Gasteiger partial charge in [-0.15, -0.1) is 0 Å². The number of nitrogens with one attached hydrogen (secondary N) is 1. The molecular formula is C22H29NO2. The van der Waals surface area contributed by atoms with Crippen LogP contribution in [0, 0.1) is 5.92 Å². The number of hydrogen-bond acceptors (Lipinski definition) is 2. The fourth-order valence-electron chi connectivity index (χ4n) is 2.77. The summed E-state index contributed by atoms with van der Waals surface area (Å²) in [5, 5.41) is 5.40. The highest BCUT2D eigenvalue weighted by molar-refractivity contribution is 5.90. The molecule has 0 aliphatic heterocycles. The standard InChI is InChI=1S/C22H29NO2/c1-16(2)15-19(23-21(24)25-22(3,4)5)14-13-18-11-8-10-17-9-6-7-12-20(17)18/h6-14,16,19H,15H2,1-5H3,(H,23,24). The summed E-state index contributed by atoms with van der Waals surface area (Å²) in [6.45, 7) is 9.91. The molecule has 0 aliphatic rings. The number of carbonyl (C=O) groups excluding carboxylic acids is 1. The van der Waals surface area contributed by atoms with Crippen molar-refractivity contribution in [3.05, 3.63) is 54.1 Å². The van der Waals surface area contributed by atoms with Gasteiger partial charge in [0.2, 0.25) is 0 Å². The highest BCUT2D eigenvalue weighted by Gasteiger charge is 2.18. The van der Waals surface area contributed by atoms with E-state index in [1.165, 1.54) is 10.8 Å². The van der Waals surface area contributed by atoms with Gasteiger partial charge in [-0.2, -0.15) is 0 Å². The minimum Gasteiger partial charge on any atom is -0.444 e. The molecule has 2 aromatic rings. The van der Waals surface area contributed by atoms with Gasteiger partial charge in [-0.1, -0.05) is 68.5 Å². The van der Waals surface area contributed by atoms with E-state index in [-0.39, 0.29) is 12.1 Å². The monoisotopic (exact) mass is 339 g/mol. The number of hydrogen-bond donors (Lipinski definition) is 1. The smallest absolute Gasteiger partial charge is 0.408 e. The predicted molar refractivity (Wildman–Crippen MR) is 106 cm³/mol. The SMILES string of the molecule is CC(C)CC(C=Cc1cccc2ccccc12)NC(=O)OC(C)(C)C. The second kappa shape index (κ2) is 8.19. The van der Waals surface area contributed by atoms with Crippen molar-refractivity contribution in [1.29, 1.82) is 0 Å². The van der Waals surface area contributed by atoms with Gasteiger partial charge in [0, 0.05) is 0 Å². The van der Waals surface area contributed by atoms with E-state index in [0.717, 1.165) is 12.0 Å². The molecule has 2 aromatic carbocycles. The molecule has 0 saturated heterocycles. The van der Waals surface area contributed by atoms with Crippen LogP contribution in [0.15, 0.2) is 48.5 Å². The fourth-order valence-corrected chi connectivity index (χ4v) is 2.77. The highest BCUT2D eigenvalue weighted by Crippen LogP contribution is 2.20. The molecule has 1 unspecified atom stereocenters. The molecule has 25 heavy (non-hydrogen) atoms. The lowest BCUT2D eigenvalue weighted by atomic mass is 10.0. The Morgan fingerprint density at radius 3 is 2.48 bits per heavy atom. The first-order valence-electron chi connectivity index (χ1n) is 8.90. The van der Waals surface area contributed by atoms with E-state index in [1.54, 1.807) is 0 Å². The molecule has 2 rings (SSSR count). The average Bonchev–Trinajstić information content (AvgIpc) is 2.50. The van der Waals surface area contributed by atoms with Crippen molar-refractivity contribution in [2.75, 3.05) is 0 Å². The molecule has 0 bridgehead atoms. The molecule has 134 valence electrons. The van der Waals surface area contributed by atoms with E-state index < -0.39 is 5.60 Å². The van der Waals surface area contributed by atoms with E-state index >= 15 is 0 Å². The second-order valence-electron chi connectivity index (χ2n) is 7.81. The summed E-state index contributed by atoms with van der Waals surface area (Å²) >= 11 is 0. The number of amides is 1. The first-order chi connectivity index (χ1) is 11.7. The van der Waals surface area contributed by atoms with Gasteiger partial charge < -0.3 is 10.1 Å². The van der Waals surface area contributed by atoms with Crippen LogP contribution < -0.4 is 5.32 Å². The number of alkyl carbamates (subject to hydrolysis) is 1. The molecule has 1 N–H and O–H groups in total. The number of benzene rings is 2. The Bertz CT molecular complexity index is 736. The van der Waals surface area contributed by atoms with Gasteiger partial charge in [0.05, 0.1) is 6.04 Å². The maximum absolute atomic E-state index is 12.1. The molecule has 0 aromatic heterocycles. The van der Waals surface area contributed by atoms with Gasteiger partial charge in [-0.05, 0) is 49.4 Å². The molecule has 3 heteroatoms. The van der Waals surface area contributed by atoms with E-state index in [2.05, 4.69) is 61.6 Å². The molecular weight excluding hydrogens is 310 g/mol. The number of rotatable bonds is 5. The molecule has 0 saturated carbocycles. The van der Waals surface area contributed by atoms with Crippen LogP contribution in [0.1, 0.15) is 46.6 Å². The van der Waals surface area contributed by atoms with Crippen molar-refractivity contribution < 1.29 is 9.53 Å². The minimum atomic E-state index is -0.494. The number of ether oxygens (including phenoxy) is 1. The summed E-state index contributed by atoms with van der Waals surface area (Å²) in [5.41, 5.74) is 0.657. The van der Waals surface area contributed by atoms with Gasteiger partial charge >= 0.3 is 6.09 Å². The van der Waals surface area contributed by atoms with Gasteiger partial charge in [0.15, 0.2) is 0 Å². The van der Waals surface area contributed by atoms with Crippen molar-refractivity contribution in [2.24, 2.45) is 5.92 Å². The summed E-state index contributed by atoms with van der Waals surface area (Å²) in [5.74, 6) is 0.470. The fraction of sp³-hybridized carbons (Fsp3) is 0.409. The maximum Gasteiger partial charge on any atom is 0.408 e. The van der Waals surface area contributed by atoms with Crippen LogP contribution in [0.25, 0.3) is 16.8 Å². The third-order valence-corrected chi connectivity index (χ3v) is 3.76. The molecule has 1 atom stereocenters. The van der Waals surface area contributed by atoms with Crippen LogP contribution in [0.4, 0.5) is 4.79 Å². The minimum absolute atomic E-state index is 0.0613. The summed E-state index contributed by atoms with van der Waals surface area (Å²) < 4.78 is 5.39. The topological polar surface area (TPSA) is 38.3 Å². The number of fused-ring (bicyclic) bond motifs is 1. The third-order valence-electron chi connectivity index (χ3n) is 3.76. The summed E-state index contributed by atoms with van der Waals surface area (Å²) in [6.07, 6.45) is 4.64. The van der Waals surface area contributed by atoms with Crippen LogP contribution in [-0.2, 0) is 4.74 Å². The first kappa shape index (κ1) is 19.0. The first-order valence-corrected chi connectivity index (χ1v) is 8.90. The van der Waals surface area contributed by atoms with Crippen LogP contribution in [0.3, 0.4) is 0 Å². The maximum atomic E-state index is 12.1. The lowest BCUT2D eigenvalue weighted by Gasteiger charge is -2.23. The van der Waals surface area contributed by atoms with Crippen LogP contribution in [0.2, 0.25) is 0 Å². The highest BCUT2D eigenvalue weighted by atomic mass is 16.6. The van der Waals surface area contributed by atoms with Crippen LogP contribution in [0.5, 0.6) is 0 Å². The van der Waals surface area contributed by atoms with Crippen molar-refractivity contribution in [2.45, 2.75) is 52.7 Å². The average molecular weight is 339 g/mol. The number of carbonyl (C=O) groups is 1. The quantitative estimate of drug-likeness (QED) is 0.748. The summed E-state index contributed by atoms with van der Waals surface area (Å²) in [7, 11) is 0. The Morgan fingerprint density at radius 2 is 1.80 bits per heavy atom. The lowest BCUT2D eigenvalue weighted by Crippen LogP contribution is -2.38. The van der Waals surface area contributed by atoms with E-state index in [9.17, 15) is 4.79 Å². The summed E-state index contributed by atoms with van der Waals surface area (Å²) in [6, 6.07) is 14.5. The molecule has 0 fully saturated rings. The van der Waals surface area contributed by atoms with Gasteiger partial charge in [-0.25, -0.2) is 4.79 Å². The van der Waals surface area contributed by atoms with E-state index in [1.807, 2.05) is 32.9 Å². The van der Waals surface area contributed by atoms with Crippen LogP contribution in [-0.4, -0.2) is 17.7 Å². The molecule has 0 radical (unpaired) electrons. The lowest BCUT2D eigenvalue weighted by molar-refractivity contribution is 0.0510. The van der Waals surface area contributed by atoms with Crippen molar-refractivity contribution in [3.8, 4) is 0 Å². The third kappa shape index (κ3) is 6.26. The second-order valence-corrected chi connectivity index (χ2v) is 7.81. The Morgan fingerprint density at radius 1 is 1.12 bits per heavy atom. The zero-order valence-electron chi connectivity index (χ0n) is 15.9. The molecule has 0 spiro atoms. The van der Waals surface area contributed by atoms with Crippen molar-refractivity contribution >= 4 is 22.9 Å². The molecule has 0 heterocycles. The predicted octanol–water partition coefficient (Wildman–Crippen LogP) is 5.79. The molecule has 3 nitrogen and oxygen atoms in total. The van der Waals surface area contributed by atoms with Crippen molar-refractivity contribution in [3.63, 3.8) is 0 Å². The summed E-state index contributed by atoms with van der Waals surface area (Å²) in [4.78, 5) is 12.1. The largest absolute Gasteiger partial charge is 0.444 e. The molecule has 1 amide bonds.